The zero-order valence-corrected chi connectivity index (χ0v) is 10.4. The highest BCUT2D eigenvalue weighted by Crippen LogP contribution is 2.18. The van der Waals surface area contributed by atoms with E-state index in [1.165, 1.54) is 30.8 Å². The molecule has 0 heterocycles. The van der Waals surface area contributed by atoms with Crippen LogP contribution in [0.25, 0.3) is 0 Å². The number of nitrogens with one attached hydrogen (secondary N) is 2. The molecule has 96 valence electrons. The van der Waals surface area contributed by atoms with Crippen LogP contribution in [0.2, 0.25) is 0 Å². The Labute approximate surface area is 108 Å². The van der Waals surface area contributed by atoms with E-state index < -0.39 is 5.97 Å². The Morgan fingerprint density at radius 1 is 1.28 bits per heavy atom. The molecule has 0 aliphatic heterocycles. The summed E-state index contributed by atoms with van der Waals surface area (Å²) in [5.41, 5.74) is 4.55. The summed E-state index contributed by atoms with van der Waals surface area (Å²) in [5.74, 6) is -1.65. The average molecular weight is 268 g/mol. The largest absolute Gasteiger partial charge is 0.478 e. The molecule has 0 aliphatic carbocycles. The number of thioether (sulfide) groups is 1. The molecule has 0 aromatic heterocycles. The second-order valence-corrected chi connectivity index (χ2v) is 4.40. The summed E-state index contributed by atoms with van der Waals surface area (Å²) in [5, 5.41) is 8.80. The number of carboxylic acid groups (broad SMARTS) is 1. The van der Waals surface area contributed by atoms with Gasteiger partial charge in [-0.25, -0.2) is 4.79 Å². The molecule has 1 aromatic rings. The van der Waals surface area contributed by atoms with Crippen molar-refractivity contribution in [3.05, 3.63) is 29.8 Å². The lowest BCUT2D eigenvalue weighted by atomic mass is 10.2. The Morgan fingerprint density at radius 3 is 2.61 bits per heavy atom. The van der Waals surface area contributed by atoms with E-state index in [2.05, 4.69) is 10.9 Å². The van der Waals surface area contributed by atoms with Gasteiger partial charge in [-0.2, -0.15) is 0 Å². The summed E-state index contributed by atoms with van der Waals surface area (Å²) in [6, 6.07) is 6.28. The third-order valence-corrected chi connectivity index (χ3v) is 2.82. The number of carbonyl (C=O) groups is 3. The van der Waals surface area contributed by atoms with Crippen LogP contribution in [0.1, 0.15) is 17.3 Å². The first-order chi connectivity index (χ1) is 8.49. The zero-order valence-electron chi connectivity index (χ0n) is 9.60. The van der Waals surface area contributed by atoms with Crippen molar-refractivity contribution >= 4 is 29.5 Å². The summed E-state index contributed by atoms with van der Waals surface area (Å²) >= 11 is 1.19. The minimum atomic E-state index is -1.01. The highest BCUT2D eigenvalue weighted by Gasteiger charge is 2.06. The summed E-state index contributed by atoms with van der Waals surface area (Å²) in [7, 11) is 0. The Balaban J connectivity index is 2.48. The Morgan fingerprint density at radius 2 is 2.00 bits per heavy atom. The summed E-state index contributed by atoms with van der Waals surface area (Å²) < 4.78 is 0. The van der Waals surface area contributed by atoms with Crippen molar-refractivity contribution in [3.8, 4) is 0 Å². The van der Waals surface area contributed by atoms with Crippen molar-refractivity contribution in [1.82, 2.24) is 10.9 Å². The molecule has 0 bridgehead atoms. The first-order valence-corrected chi connectivity index (χ1v) is 5.99. The molecule has 2 amide bonds. The molecule has 1 rings (SSSR count). The molecule has 0 radical (unpaired) electrons. The molecule has 18 heavy (non-hydrogen) atoms. The lowest BCUT2D eigenvalue weighted by Crippen LogP contribution is -2.41. The van der Waals surface area contributed by atoms with Crippen molar-refractivity contribution in [2.45, 2.75) is 11.8 Å². The van der Waals surface area contributed by atoms with E-state index in [1.807, 2.05) is 0 Å². The standard InChI is InChI=1S/C11H12N2O4S/c1-7(14)12-13-10(15)6-18-9-4-2-3-8(5-9)11(16)17/h2-5H,6H2,1H3,(H,12,14)(H,13,15)(H,16,17). The van der Waals surface area contributed by atoms with Crippen molar-refractivity contribution < 1.29 is 19.5 Å². The molecular weight excluding hydrogens is 256 g/mol. The maximum Gasteiger partial charge on any atom is 0.335 e. The third-order valence-electron chi connectivity index (χ3n) is 1.83. The third kappa shape index (κ3) is 4.88. The van der Waals surface area contributed by atoms with Crippen LogP contribution in [0, 0.1) is 0 Å². The molecule has 3 N–H and O–H groups in total. The highest BCUT2D eigenvalue weighted by atomic mass is 32.2. The van der Waals surface area contributed by atoms with Crippen LogP contribution < -0.4 is 10.9 Å². The van der Waals surface area contributed by atoms with Gasteiger partial charge in [0.25, 0.3) is 0 Å². The Hall–Kier alpha value is -2.02. The zero-order chi connectivity index (χ0) is 13.5. The number of carbonyl (C=O) groups excluding carboxylic acids is 2. The fourth-order valence-electron chi connectivity index (χ4n) is 1.06. The minimum absolute atomic E-state index is 0.0867. The fourth-order valence-corrected chi connectivity index (χ4v) is 1.82. The fraction of sp³-hybridized carbons (Fsp3) is 0.182. The van der Waals surface area contributed by atoms with Gasteiger partial charge in [-0.3, -0.25) is 20.4 Å². The molecule has 0 aliphatic rings. The molecular formula is C11H12N2O4S. The van der Waals surface area contributed by atoms with E-state index in [0.717, 1.165) is 0 Å². The molecule has 0 saturated heterocycles. The van der Waals surface area contributed by atoms with Gasteiger partial charge in [-0.1, -0.05) is 6.07 Å². The number of hydrogen-bond acceptors (Lipinski definition) is 4. The molecule has 0 spiro atoms. The maximum absolute atomic E-state index is 11.3. The van der Waals surface area contributed by atoms with E-state index in [4.69, 9.17) is 5.11 Å². The van der Waals surface area contributed by atoms with Crippen LogP contribution in [0.15, 0.2) is 29.2 Å². The van der Waals surface area contributed by atoms with Crippen molar-refractivity contribution in [3.63, 3.8) is 0 Å². The number of aromatic carboxylic acids is 1. The van der Waals surface area contributed by atoms with Gasteiger partial charge in [-0.05, 0) is 18.2 Å². The van der Waals surface area contributed by atoms with E-state index in [0.29, 0.717) is 4.90 Å². The van der Waals surface area contributed by atoms with Crippen LogP contribution >= 0.6 is 11.8 Å². The second kappa shape index (κ2) is 6.65. The smallest absolute Gasteiger partial charge is 0.335 e. The minimum Gasteiger partial charge on any atom is -0.478 e. The quantitative estimate of drug-likeness (QED) is 0.550. The summed E-state index contributed by atoms with van der Waals surface area (Å²) in [4.78, 5) is 33.2. The van der Waals surface area contributed by atoms with Crippen LogP contribution in [0.4, 0.5) is 0 Å². The van der Waals surface area contributed by atoms with Gasteiger partial charge in [0.2, 0.25) is 11.8 Å². The van der Waals surface area contributed by atoms with E-state index in [-0.39, 0.29) is 23.1 Å². The number of carboxylic acids is 1. The second-order valence-electron chi connectivity index (χ2n) is 3.35. The van der Waals surface area contributed by atoms with Crippen LogP contribution in [0.3, 0.4) is 0 Å². The summed E-state index contributed by atoms with van der Waals surface area (Å²) in [6.45, 7) is 1.28. The highest BCUT2D eigenvalue weighted by molar-refractivity contribution is 8.00. The van der Waals surface area contributed by atoms with E-state index in [1.54, 1.807) is 12.1 Å². The molecule has 0 fully saturated rings. The predicted molar refractivity (Wildman–Crippen MR) is 66.1 cm³/mol. The Kier molecular flexibility index (Phi) is 5.19. The van der Waals surface area contributed by atoms with Gasteiger partial charge in [0.1, 0.15) is 0 Å². The van der Waals surface area contributed by atoms with Gasteiger partial charge >= 0.3 is 5.97 Å². The first kappa shape index (κ1) is 14.0. The van der Waals surface area contributed by atoms with Crippen LogP contribution in [-0.2, 0) is 9.59 Å². The molecule has 0 unspecified atom stereocenters. The molecule has 6 nitrogen and oxygen atoms in total. The predicted octanol–water partition coefficient (Wildman–Crippen LogP) is 0.644. The number of benzene rings is 1. The molecule has 0 atom stereocenters. The van der Waals surface area contributed by atoms with E-state index in [9.17, 15) is 14.4 Å². The lowest BCUT2D eigenvalue weighted by Gasteiger charge is -2.05. The van der Waals surface area contributed by atoms with E-state index >= 15 is 0 Å². The number of hydrogen-bond donors (Lipinski definition) is 3. The average Bonchev–Trinajstić information content (AvgIpc) is 2.34. The number of amides is 2. The first-order valence-electron chi connectivity index (χ1n) is 5.00. The Bertz CT molecular complexity index is 476. The lowest BCUT2D eigenvalue weighted by molar-refractivity contribution is -0.126. The van der Waals surface area contributed by atoms with Crippen molar-refractivity contribution in [2.24, 2.45) is 0 Å². The normalized spacial score (nSPS) is 9.61. The van der Waals surface area contributed by atoms with Gasteiger partial charge in [0, 0.05) is 11.8 Å². The van der Waals surface area contributed by atoms with Crippen molar-refractivity contribution in [2.75, 3.05) is 5.75 Å². The van der Waals surface area contributed by atoms with Gasteiger partial charge in [0.05, 0.1) is 11.3 Å². The summed E-state index contributed by atoms with van der Waals surface area (Å²) in [6.07, 6.45) is 0. The van der Waals surface area contributed by atoms with Gasteiger partial charge in [-0.15, -0.1) is 11.8 Å². The molecule has 0 saturated carbocycles. The number of rotatable bonds is 4. The number of hydrazine groups is 1. The molecule has 1 aromatic carbocycles. The maximum atomic E-state index is 11.3. The van der Waals surface area contributed by atoms with Crippen LogP contribution in [-0.4, -0.2) is 28.6 Å². The van der Waals surface area contributed by atoms with Crippen molar-refractivity contribution in [1.29, 1.82) is 0 Å². The SMILES string of the molecule is CC(=O)NNC(=O)CSc1cccc(C(=O)O)c1. The van der Waals surface area contributed by atoms with Gasteiger partial charge in [0.15, 0.2) is 0 Å². The topological polar surface area (TPSA) is 95.5 Å². The molecule has 7 heteroatoms. The van der Waals surface area contributed by atoms with Gasteiger partial charge < -0.3 is 5.11 Å². The monoisotopic (exact) mass is 268 g/mol. The van der Waals surface area contributed by atoms with Crippen LogP contribution in [0.5, 0.6) is 0 Å².